The molecule has 92 valence electrons. The van der Waals surface area contributed by atoms with Crippen molar-refractivity contribution in [2.75, 3.05) is 13.1 Å². The molecular weight excluding hydrogens is 218 g/mol. The van der Waals surface area contributed by atoms with E-state index >= 15 is 0 Å². The van der Waals surface area contributed by atoms with Crippen molar-refractivity contribution in [3.05, 3.63) is 35.4 Å². The molecule has 0 aliphatic carbocycles. The Morgan fingerprint density at radius 3 is 2.59 bits per heavy atom. The maximum absolute atomic E-state index is 10.7. The van der Waals surface area contributed by atoms with E-state index in [0.29, 0.717) is 6.61 Å². The average Bonchev–Trinajstić information content (AvgIpc) is 2.25. The predicted octanol–water partition coefficient (Wildman–Crippen LogP) is 1.19. The maximum Gasteiger partial charge on any atom is 0.307 e. The third kappa shape index (κ3) is 3.05. The number of rotatable bonds is 5. The van der Waals surface area contributed by atoms with E-state index in [4.69, 9.17) is 9.84 Å². The first-order chi connectivity index (χ1) is 8.09. The zero-order valence-electron chi connectivity index (χ0n) is 9.90. The Hall–Kier alpha value is -1.39. The zero-order chi connectivity index (χ0) is 12.3. The molecule has 1 heterocycles. The van der Waals surface area contributed by atoms with E-state index in [2.05, 4.69) is 12.2 Å². The standard InChI is InChI=1S/C13H17NO3/c1-13(8-14-9-13)17-7-11-5-3-2-4-10(11)6-12(15)16/h2-5,14H,6-9H2,1H3,(H,15,16). The van der Waals surface area contributed by atoms with Gasteiger partial charge in [0.2, 0.25) is 0 Å². The quantitative estimate of drug-likeness (QED) is 0.805. The van der Waals surface area contributed by atoms with Crippen molar-refractivity contribution in [2.24, 2.45) is 0 Å². The number of carboxylic acids is 1. The van der Waals surface area contributed by atoms with Crippen molar-refractivity contribution >= 4 is 5.97 Å². The van der Waals surface area contributed by atoms with Crippen LogP contribution in [0, 0.1) is 0 Å². The number of carbonyl (C=O) groups is 1. The molecule has 1 aliphatic heterocycles. The molecular formula is C13H17NO3. The van der Waals surface area contributed by atoms with E-state index in [-0.39, 0.29) is 12.0 Å². The monoisotopic (exact) mass is 235 g/mol. The molecule has 2 N–H and O–H groups in total. The third-order valence-electron chi connectivity index (χ3n) is 3.03. The summed E-state index contributed by atoms with van der Waals surface area (Å²) in [6.07, 6.45) is 0.0501. The van der Waals surface area contributed by atoms with Crippen molar-refractivity contribution in [2.45, 2.75) is 25.6 Å². The van der Waals surface area contributed by atoms with Crippen LogP contribution in [0.5, 0.6) is 0 Å². The lowest BCUT2D eigenvalue weighted by molar-refractivity contribution is -0.136. The molecule has 1 aromatic carbocycles. The lowest BCUT2D eigenvalue weighted by atomic mass is 9.99. The van der Waals surface area contributed by atoms with Gasteiger partial charge in [-0.1, -0.05) is 24.3 Å². The van der Waals surface area contributed by atoms with Crippen LogP contribution in [0.2, 0.25) is 0 Å². The van der Waals surface area contributed by atoms with Gasteiger partial charge in [-0.25, -0.2) is 0 Å². The highest BCUT2D eigenvalue weighted by Crippen LogP contribution is 2.19. The van der Waals surface area contributed by atoms with Gasteiger partial charge in [-0.3, -0.25) is 4.79 Å². The van der Waals surface area contributed by atoms with Gasteiger partial charge in [0.15, 0.2) is 0 Å². The number of benzene rings is 1. The minimum absolute atomic E-state index is 0.0501. The number of hydrogen-bond acceptors (Lipinski definition) is 3. The lowest BCUT2D eigenvalue weighted by Crippen LogP contribution is -2.58. The summed E-state index contributed by atoms with van der Waals surface area (Å²) in [5.74, 6) is -0.811. The second-order valence-electron chi connectivity index (χ2n) is 4.68. The number of nitrogens with one attached hydrogen (secondary N) is 1. The molecule has 0 saturated carbocycles. The summed E-state index contributed by atoms with van der Waals surface area (Å²) in [7, 11) is 0. The van der Waals surface area contributed by atoms with E-state index in [1.54, 1.807) is 0 Å². The van der Waals surface area contributed by atoms with Crippen LogP contribution in [-0.2, 0) is 22.6 Å². The van der Waals surface area contributed by atoms with Gasteiger partial charge in [-0.05, 0) is 18.1 Å². The topological polar surface area (TPSA) is 58.6 Å². The molecule has 1 saturated heterocycles. The third-order valence-corrected chi connectivity index (χ3v) is 3.03. The molecule has 0 amide bonds. The molecule has 0 unspecified atom stereocenters. The Kier molecular flexibility index (Phi) is 3.45. The van der Waals surface area contributed by atoms with E-state index < -0.39 is 5.97 Å². The molecule has 0 radical (unpaired) electrons. The van der Waals surface area contributed by atoms with Gasteiger partial charge in [0.25, 0.3) is 0 Å². The van der Waals surface area contributed by atoms with E-state index in [0.717, 1.165) is 24.2 Å². The number of ether oxygens (including phenoxy) is 1. The van der Waals surface area contributed by atoms with Crippen LogP contribution in [0.4, 0.5) is 0 Å². The molecule has 1 fully saturated rings. The fourth-order valence-corrected chi connectivity index (χ4v) is 1.86. The highest BCUT2D eigenvalue weighted by Gasteiger charge is 2.32. The highest BCUT2D eigenvalue weighted by atomic mass is 16.5. The van der Waals surface area contributed by atoms with E-state index in [1.807, 2.05) is 24.3 Å². The summed E-state index contributed by atoms with van der Waals surface area (Å²) in [6, 6.07) is 7.53. The molecule has 0 atom stereocenters. The molecule has 4 heteroatoms. The molecule has 1 aliphatic rings. The number of hydrogen-bond donors (Lipinski definition) is 2. The summed E-state index contributed by atoms with van der Waals surface area (Å²) in [5.41, 5.74) is 1.69. The van der Waals surface area contributed by atoms with Crippen LogP contribution < -0.4 is 5.32 Å². The molecule has 2 rings (SSSR count). The Morgan fingerprint density at radius 1 is 1.41 bits per heavy atom. The largest absolute Gasteiger partial charge is 0.481 e. The van der Waals surface area contributed by atoms with Gasteiger partial charge in [-0.15, -0.1) is 0 Å². The summed E-state index contributed by atoms with van der Waals surface area (Å²) in [5, 5.41) is 12.0. The predicted molar refractivity (Wildman–Crippen MR) is 63.8 cm³/mol. The molecule has 1 aromatic rings. The summed E-state index contributed by atoms with van der Waals surface area (Å²) in [6.45, 7) is 4.24. The van der Waals surface area contributed by atoms with Crippen molar-refractivity contribution in [1.29, 1.82) is 0 Å². The second-order valence-corrected chi connectivity index (χ2v) is 4.68. The first-order valence-corrected chi connectivity index (χ1v) is 5.72. The molecule has 4 nitrogen and oxygen atoms in total. The highest BCUT2D eigenvalue weighted by molar-refractivity contribution is 5.70. The van der Waals surface area contributed by atoms with Crippen molar-refractivity contribution in [3.63, 3.8) is 0 Å². The number of carboxylic acid groups (broad SMARTS) is 1. The summed E-state index contributed by atoms with van der Waals surface area (Å²) < 4.78 is 5.82. The SMILES string of the molecule is CC1(OCc2ccccc2CC(=O)O)CNC1. The fourth-order valence-electron chi connectivity index (χ4n) is 1.86. The minimum Gasteiger partial charge on any atom is -0.481 e. The normalized spacial score (nSPS) is 17.5. The van der Waals surface area contributed by atoms with Gasteiger partial charge in [0.05, 0.1) is 18.6 Å². The maximum atomic E-state index is 10.7. The van der Waals surface area contributed by atoms with Gasteiger partial charge in [0, 0.05) is 13.1 Å². The van der Waals surface area contributed by atoms with Crippen LogP contribution in [0.15, 0.2) is 24.3 Å². The van der Waals surface area contributed by atoms with E-state index in [9.17, 15) is 4.79 Å². The molecule has 0 aromatic heterocycles. The van der Waals surface area contributed by atoms with Crippen LogP contribution in [0.3, 0.4) is 0 Å². The van der Waals surface area contributed by atoms with Crippen LogP contribution in [-0.4, -0.2) is 29.8 Å². The number of aliphatic carboxylic acids is 1. The summed E-state index contributed by atoms with van der Waals surface area (Å²) in [4.78, 5) is 10.7. The second kappa shape index (κ2) is 4.85. The fraction of sp³-hybridized carbons (Fsp3) is 0.462. The minimum atomic E-state index is -0.811. The van der Waals surface area contributed by atoms with Crippen LogP contribution in [0.1, 0.15) is 18.1 Å². The van der Waals surface area contributed by atoms with E-state index in [1.165, 1.54) is 0 Å². The molecule has 0 bridgehead atoms. The summed E-state index contributed by atoms with van der Waals surface area (Å²) >= 11 is 0. The first kappa shape index (κ1) is 12.1. The van der Waals surface area contributed by atoms with Crippen molar-refractivity contribution < 1.29 is 14.6 Å². The van der Waals surface area contributed by atoms with Crippen LogP contribution in [0.25, 0.3) is 0 Å². The van der Waals surface area contributed by atoms with Gasteiger partial charge < -0.3 is 15.2 Å². The van der Waals surface area contributed by atoms with Gasteiger partial charge >= 0.3 is 5.97 Å². The van der Waals surface area contributed by atoms with Crippen molar-refractivity contribution in [1.82, 2.24) is 5.32 Å². The molecule has 0 spiro atoms. The van der Waals surface area contributed by atoms with Crippen LogP contribution >= 0.6 is 0 Å². The zero-order valence-corrected chi connectivity index (χ0v) is 9.90. The Morgan fingerprint density at radius 2 is 2.06 bits per heavy atom. The van der Waals surface area contributed by atoms with Gasteiger partial charge in [0.1, 0.15) is 0 Å². The van der Waals surface area contributed by atoms with Gasteiger partial charge in [-0.2, -0.15) is 0 Å². The Balaban J connectivity index is 2.01. The smallest absolute Gasteiger partial charge is 0.307 e. The molecule has 17 heavy (non-hydrogen) atoms. The Bertz CT molecular complexity index is 413. The van der Waals surface area contributed by atoms with Crippen molar-refractivity contribution in [3.8, 4) is 0 Å². The average molecular weight is 235 g/mol. The lowest BCUT2D eigenvalue weighted by Gasteiger charge is -2.39. The Labute approximate surface area is 101 Å². The first-order valence-electron chi connectivity index (χ1n) is 5.72.